The van der Waals surface area contributed by atoms with Gasteiger partial charge in [0.25, 0.3) is 0 Å². The van der Waals surface area contributed by atoms with Crippen LogP contribution >= 0.6 is 0 Å². The first-order valence-corrected chi connectivity index (χ1v) is 6.63. The van der Waals surface area contributed by atoms with Gasteiger partial charge in [-0.15, -0.1) is 0 Å². The highest BCUT2D eigenvalue weighted by atomic mass is 16.5. The molecular weight excluding hydrogens is 238 g/mol. The summed E-state index contributed by atoms with van der Waals surface area (Å²) in [6.07, 6.45) is 5.70. The number of nitrogens with zero attached hydrogens (tertiary/aromatic N) is 1. The molecule has 1 aromatic heterocycles. The van der Waals surface area contributed by atoms with E-state index in [-0.39, 0.29) is 6.04 Å². The Morgan fingerprint density at radius 2 is 2.26 bits per heavy atom. The molecule has 1 aromatic carbocycles. The first-order valence-electron chi connectivity index (χ1n) is 6.63. The number of nitrogens with one attached hydrogen (secondary N) is 1. The molecule has 0 aliphatic rings. The van der Waals surface area contributed by atoms with Gasteiger partial charge in [0.15, 0.2) is 0 Å². The molecule has 1 unspecified atom stereocenters. The van der Waals surface area contributed by atoms with Gasteiger partial charge >= 0.3 is 0 Å². The fraction of sp³-hybridized carbons (Fsp3) is 0.400. The van der Waals surface area contributed by atoms with E-state index in [1.54, 1.807) is 7.11 Å². The van der Waals surface area contributed by atoms with Gasteiger partial charge in [0.1, 0.15) is 0 Å². The van der Waals surface area contributed by atoms with Crippen molar-refractivity contribution in [1.29, 1.82) is 0 Å². The van der Waals surface area contributed by atoms with Crippen molar-refractivity contribution in [3.63, 3.8) is 0 Å². The summed E-state index contributed by atoms with van der Waals surface area (Å²) in [4.78, 5) is 4.15. The quantitative estimate of drug-likeness (QED) is 0.801. The average molecular weight is 259 g/mol. The maximum atomic E-state index is 5.58. The molecule has 1 heterocycles. The third-order valence-corrected chi connectivity index (χ3v) is 3.16. The van der Waals surface area contributed by atoms with E-state index >= 15 is 0 Å². The van der Waals surface area contributed by atoms with E-state index in [1.807, 2.05) is 24.5 Å². The van der Waals surface area contributed by atoms with Gasteiger partial charge in [-0.1, -0.05) is 12.1 Å². The first-order chi connectivity index (χ1) is 9.35. The van der Waals surface area contributed by atoms with Gasteiger partial charge in [0.2, 0.25) is 0 Å². The zero-order valence-corrected chi connectivity index (χ0v) is 11.3. The second-order valence-corrected chi connectivity index (χ2v) is 4.63. The number of methoxy groups -OCH3 is 1. The van der Waals surface area contributed by atoms with Crippen molar-refractivity contribution >= 4 is 16.5 Å². The molecule has 102 valence electrons. The van der Waals surface area contributed by atoms with Crippen molar-refractivity contribution in [2.75, 3.05) is 25.6 Å². The van der Waals surface area contributed by atoms with Crippen molar-refractivity contribution < 1.29 is 4.74 Å². The van der Waals surface area contributed by atoms with Gasteiger partial charge in [-0.3, -0.25) is 4.98 Å². The standard InChI is InChI=1S/C15H21N3O/c1-19-11-13(5-3-8-16)18-15-6-2-4-12-10-17-9-7-14(12)15/h2,4,6-7,9-10,13,18H,3,5,8,11,16H2,1H3. The molecule has 0 fully saturated rings. The van der Waals surface area contributed by atoms with Crippen LogP contribution in [-0.4, -0.2) is 31.3 Å². The number of fused-ring (bicyclic) bond motifs is 1. The lowest BCUT2D eigenvalue weighted by Crippen LogP contribution is -2.25. The topological polar surface area (TPSA) is 60.2 Å². The zero-order valence-electron chi connectivity index (χ0n) is 11.3. The van der Waals surface area contributed by atoms with Crippen LogP contribution in [0.15, 0.2) is 36.7 Å². The van der Waals surface area contributed by atoms with Crippen molar-refractivity contribution in [3.05, 3.63) is 36.7 Å². The second kappa shape index (κ2) is 7.07. The molecule has 0 amide bonds. The molecule has 0 saturated heterocycles. The number of hydrogen-bond acceptors (Lipinski definition) is 4. The number of rotatable bonds is 7. The molecule has 2 rings (SSSR count). The SMILES string of the molecule is COCC(CCCN)Nc1cccc2cnccc12. The van der Waals surface area contributed by atoms with E-state index < -0.39 is 0 Å². The summed E-state index contributed by atoms with van der Waals surface area (Å²) in [5.74, 6) is 0. The summed E-state index contributed by atoms with van der Waals surface area (Å²) >= 11 is 0. The van der Waals surface area contributed by atoms with Crippen LogP contribution < -0.4 is 11.1 Å². The molecule has 0 bridgehead atoms. The van der Waals surface area contributed by atoms with E-state index in [1.165, 1.54) is 5.39 Å². The average Bonchev–Trinajstić information content (AvgIpc) is 2.45. The van der Waals surface area contributed by atoms with E-state index in [0.717, 1.165) is 23.9 Å². The van der Waals surface area contributed by atoms with Crippen molar-refractivity contribution in [2.24, 2.45) is 5.73 Å². The van der Waals surface area contributed by atoms with E-state index in [0.29, 0.717) is 13.2 Å². The van der Waals surface area contributed by atoms with Crippen molar-refractivity contribution in [3.8, 4) is 0 Å². The Morgan fingerprint density at radius 3 is 3.05 bits per heavy atom. The van der Waals surface area contributed by atoms with Gasteiger partial charge in [0.05, 0.1) is 6.61 Å². The number of hydrogen-bond donors (Lipinski definition) is 2. The summed E-state index contributed by atoms with van der Waals surface area (Å²) in [6.45, 7) is 1.39. The number of nitrogens with two attached hydrogens (primary N) is 1. The Hall–Kier alpha value is -1.65. The fourth-order valence-corrected chi connectivity index (χ4v) is 2.23. The second-order valence-electron chi connectivity index (χ2n) is 4.63. The maximum Gasteiger partial charge on any atom is 0.0664 e. The Balaban J connectivity index is 2.18. The van der Waals surface area contributed by atoms with Gasteiger partial charge < -0.3 is 15.8 Å². The summed E-state index contributed by atoms with van der Waals surface area (Å²) in [6, 6.07) is 8.52. The molecular formula is C15H21N3O. The molecule has 0 saturated carbocycles. The maximum absolute atomic E-state index is 5.58. The lowest BCUT2D eigenvalue weighted by Gasteiger charge is -2.20. The van der Waals surface area contributed by atoms with Crippen molar-refractivity contribution in [1.82, 2.24) is 4.98 Å². The smallest absolute Gasteiger partial charge is 0.0664 e. The monoisotopic (exact) mass is 259 g/mol. The van der Waals surface area contributed by atoms with Crippen LogP contribution in [0.2, 0.25) is 0 Å². The predicted molar refractivity (Wildman–Crippen MR) is 79.3 cm³/mol. The van der Waals surface area contributed by atoms with Crippen LogP contribution in [-0.2, 0) is 4.74 Å². The molecule has 0 radical (unpaired) electrons. The Labute approximate surface area is 114 Å². The Bertz CT molecular complexity index is 510. The molecule has 0 spiro atoms. The first kappa shape index (κ1) is 13.8. The minimum atomic E-state index is 0.285. The van der Waals surface area contributed by atoms with Gasteiger partial charge in [-0.2, -0.15) is 0 Å². The van der Waals surface area contributed by atoms with Gasteiger partial charge in [-0.25, -0.2) is 0 Å². The zero-order chi connectivity index (χ0) is 13.5. The van der Waals surface area contributed by atoms with Crippen LogP contribution in [0.25, 0.3) is 10.8 Å². The van der Waals surface area contributed by atoms with E-state index in [2.05, 4.69) is 22.4 Å². The van der Waals surface area contributed by atoms with Crippen LogP contribution in [0.4, 0.5) is 5.69 Å². The minimum absolute atomic E-state index is 0.285. The highest BCUT2D eigenvalue weighted by Gasteiger charge is 2.09. The van der Waals surface area contributed by atoms with Gasteiger partial charge in [0, 0.05) is 42.0 Å². The minimum Gasteiger partial charge on any atom is -0.383 e. The molecule has 4 nitrogen and oxygen atoms in total. The van der Waals surface area contributed by atoms with Crippen LogP contribution in [0.5, 0.6) is 0 Å². The third kappa shape index (κ3) is 3.66. The number of aromatic nitrogens is 1. The number of pyridine rings is 1. The normalized spacial score (nSPS) is 12.5. The number of benzene rings is 1. The highest BCUT2D eigenvalue weighted by Crippen LogP contribution is 2.23. The van der Waals surface area contributed by atoms with Crippen LogP contribution in [0.3, 0.4) is 0 Å². The predicted octanol–water partition coefficient (Wildman–Crippen LogP) is 2.40. The summed E-state index contributed by atoms with van der Waals surface area (Å²) in [7, 11) is 1.73. The summed E-state index contributed by atoms with van der Waals surface area (Å²) in [5, 5.41) is 5.88. The molecule has 19 heavy (non-hydrogen) atoms. The van der Waals surface area contributed by atoms with Crippen molar-refractivity contribution in [2.45, 2.75) is 18.9 Å². The third-order valence-electron chi connectivity index (χ3n) is 3.16. The lowest BCUT2D eigenvalue weighted by atomic mass is 10.1. The van der Waals surface area contributed by atoms with Crippen LogP contribution in [0, 0.1) is 0 Å². The largest absolute Gasteiger partial charge is 0.383 e. The highest BCUT2D eigenvalue weighted by molar-refractivity contribution is 5.93. The lowest BCUT2D eigenvalue weighted by molar-refractivity contribution is 0.182. The molecule has 3 N–H and O–H groups in total. The summed E-state index contributed by atoms with van der Waals surface area (Å²) in [5.41, 5.74) is 6.70. The van der Waals surface area contributed by atoms with Crippen LogP contribution in [0.1, 0.15) is 12.8 Å². The fourth-order valence-electron chi connectivity index (χ4n) is 2.23. The number of ether oxygens (including phenoxy) is 1. The van der Waals surface area contributed by atoms with E-state index in [9.17, 15) is 0 Å². The molecule has 1 atom stereocenters. The van der Waals surface area contributed by atoms with Gasteiger partial charge in [-0.05, 0) is 31.5 Å². The molecule has 2 aromatic rings. The molecule has 0 aliphatic carbocycles. The molecule has 0 aliphatic heterocycles. The Morgan fingerprint density at radius 1 is 1.37 bits per heavy atom. The molecule has 4 heteroatoms. The Kier molecular flexibility index (Phi) is 5.12. The summed E-state index contributed by atoms with van der Waals surface area (Å²) < 4.78 is 5.27. The number of anilines is 1. The van der Waals surface area contributed by atoms with E-state index in [4.69, 9.17) is 10.5 Å².